The van der Waals surface area contributed by atoms with Gasteiger partial charge in [0.15, 0.2) is 0 Å². The van der Waals surface area contributed by atoms with Crippen molar-refractivity contribution in [3.63, 3.8) is 0 Å². The molecule has 5 heteroatoms. The molecule has 3 aliphatic carbocycles. The zero-order valence-electron chi connectivity index (χ0n) is 15.6. The summed E-state index contributed by atoms with van der Waals surface area (Å²) in [5.74, 6) is 0.656. The Bertz CT molecular complexity index is 452. The zero-order chi connectivity index (χ0) is 17.6. The summed E-state index contributed by atoms with van der Waals surface area (Å²) in [5.41, 5.74) is 5.44. The van der Waals surface area contributed by atoms with Crippen molar-refractivity contribution in [2.24, 2.45) is 11.7 Å². The van der Waals surface area contributed by atoms with Gasteiger partial charge in [-0.25, -0.2) is 0 Å². The molecule has 0 radical (unpaired) electrons. The summed E-state index contributed by atoms with van der Waals surface area (Å²) in [6.07, 6.45) is 14.8. The van der Waals surface area contributed by atoms with Gasteiger partial charge in [-0.1, -0.05) is 44.9 Å². The maximum absolute atomic E-state index is 13.0. The third kappa shape index (κ3) is 5.70. The van der Waals surface area contributed by atoms with Crippen molar-refractivity contribution < 1.29 is 9.59 Å². The van der Waals surface area contributed by atoms with Crippen molar-refractivity contribution in [1.82, 2.24) is 9.80 Å². The van der Waals surface area contributed by atoms with Crippen molar-refractivity contribution in [2.45, 2.75) is 89.1 Å². The molecule has 142 valence electrons. The van der Waals surface area contributed by atoms with E-state index >= 15 is 0 Å². The molecule has 3 aliphatic rings. The maximum atomic E-state index is 13.0. The number of carbonyl (C=O) groups is 2. The van der Waals surface area contributed by atoms with Crippen molar-refractivity contribution >= 4 is 11.8 Å². The van der Waals surface area contributed by atoms with Crippen molar-refractivity contribution in [1.29, 1.82) is 0 Å². The quantitative estimate of drug-likeness (QED) is 0.696. The van der Waals surface area contributed by atoms with Crippen molar-refractivity contribution in [3.8, 4) is 0 Å². The van der Waals surface area contributed by atoms with Crippen LogP contribution in [0.15, 0.2) is 0 Å². The molecule has 25 heavy (non-hydrogen) atoms. The summed E-state index contributed by atoms with van der Waals surface area (Å²) in [4.78, 5) is 28.6. The number of nitrogens with two attached hydrogens (primary N) is 1. The largest absolute Gasteiger partial charge is 0.369 e. The lowest BCUT2D eigenvalue weighted by molar-refractivity contribution is -0.135. The topological polar surface area (TPSA) is 66.6 Å². The van der Waals surface area contributed by atoms with Crippen LogP contribution >= 0.6 is 0 Å². The Morgan fingerprint density at radius 1 is 0.800 bits per heavy atom. The normalized spacial score (nSPS) is 22.4. The fraction of sp³-hybridized carbons (Fsp3) is 0.900. The fourth-order valence-corrected chi connectivity index (χ4v) is 4.79. The lowest BCUT2D eigenvalue weighted by atomic mass is 9.87. The molecule has 0 unspecified atom stereocenters. The monoisotopic (exact) mass is 349 g/mol. The SMILES string of the molecule is NC(=O)CN(CCC1CCCCC1)CC(=O)N(C1CCCC1)C1CC1. The van der Waals surface area contributed by atoms with Gasteiger partial charge in [-0.3, -0.25) is 14.5 Å². The van der Waals surface area contributed by atoms with Crippen molar-refractivity contribution in [2.75, 3.05) is 19.6 Å². The van der Waals surface area contributed by atoms with E-state index in [-0.39, 0.29) is 18.4 Å². The summed E-state index contributed by atoms with van der Waals surface area (Å²) in [5, 5.41) is 0. The molecule has 0 aromatic heterocycles. The Kier molecular flexibility index (Phi) is 6.74. The van der Waals surface area contributed by atoms with Gasteiger partial charge in [0.25, 0.3) is 0 Å². The standard InChI is InChI=1S/C20H35N3O2/c21-19(24)14-22(13-12-16-6-2-1-3-7-16)15-20(25)23(18-10-11-18)17-8-4-5-9-17/h16-18H,1-15H2,(H2,21,24). The first-order valence-electron chi connectivity index (χ1n) is 10.5. The molecule has 0 spiro atoms. The molecular weight excluding hydrogens is 314 g/mol. The Balaban J connectivity index is 1.53. The molecule has 0 atom stereocenters. The van der Waals surface area contributed by atoms with Crippen molar-refractivity contribution in [3.05, 3.63) is 0 Å². The van der Waals surface area contributed by atoms with Gasteiger partial charge in [0.05, 0.1) is 13.1 Å². The Morgan fingerprint density at radius 2 is 1.40 bits per heavy atom. The molecule has 3 fully saturated rings. The Morgan fingerprint density at radius 3 is 2.00 bits per heavy atom. The van der Waals surface area contributed by atoms with Gasteiger partial charge in [-0.05, 0) is 44.6 Å². The summed E-state index contributed by atoms with van der Waals surface area (Å²) in [7, 11) is 0. The molecule has 0 saturated heterocycles. The highest BCUT2D eigenvalue weighted by Gasteiger charge is 2.38. The second-order valence-electron chi connectivity index (χ2n) is 8.44. The van der Waals surface area contributed by atoms with Crippen LogP contribution in [-0.4, -0.2) is 53.3 Å². The van der Waals surface area contributed by atoms with E-state index in [2.05, 4.69) is 4.90 Å². The van der Waals surface area contributed by atoms with Gasteiger partial charge < -0.3 is 10.6 Å². The molecule has 5 nitrogen and oxygen atoms in total. The average molecular weight is 350 g/mol. The number of rotatable bonds is 9. The molecule has 0 bridgehead atoms. The third-order valence-electron chi connectivity index (χ3n) is 6.26. The lowest BCUT2D eigenvalue weighted by Gasteiger charge is -2.32. The second kappa shape index (κ2) is 9.02. The number of hydrogen-bond acceptors (Lipinski definition) is 3. The Labute approximate surface area is 152 Å². The molecule has 2 N–H and O–H groups in total. The van der Waals surface area contributed by atoms with Crippen LogP contribution in [0, 0.1) is 5.92 Å². The molecular formula is C20H35N3O2. The van der Waals surface area contributed by atoms with Crippen LogP contribution in [-0.2, 0) is 9.59 Å². The highest BCUT2D eigenvalue weighted by atomic mass is 16.2. The minimum atomic E-state index is -0.324. The zero-order valence-corrected chi connectivity index (χ0v) is 15.6. The number of hydrogen-bond donors (Lipinski definition) is 1. The van der Waals surface area contributed by atoms with Gasteiger partial charge in [-0.15, -0.1) is 0 Å². The summed E-state index contributed by atoms with van der Waals surface area (Å²) in [6, 6.07) is 0.901. The summed E-state index contributed by atoms with van der Waals surface area (Å²) >= 11 is 0. The third-order valence-corrected chi connectivity index (χ3v) is 6.26. The van der Waals surface area contributed by atoms with Crippen LogP contribution in [0.25, 0.3) is 0 Å². The fourth-order valence-electron chi connectivity index (χ4n) is 4.79. The first-order chi connectivity index (χ1) is 12.1. The molecule has 3 rings (SSSR count). The van der Waals surface area contributed by atoms with E-state index in [1.807, 2.05) is 4.90 Å². The molecule has 2 amide bonds. The molecule has 3 saturated carbocycles. The minimum absolute atomic E-state index is 0.210. The smallest absolute Gasteiger partial charge is 0.237 e. The van der Waals surface area contributed by atoms with Crippen LogP contribution in [0.4, 0.5) is 0 Å². The van der Waals surface area contributed by atoms with E-state index in [0.29, 0.717) is 18.6 Å². The van der Waals surface area contributed by atoms with E-state index in [1.165, 1.54) is 44.9 Å². The van der Waals surface area contributed by atoms with Crippen LogP contribution in [0.1, 0.15) is 77.0 Å². The van der Waals surface area contributed by atoms with E-state index in [0.717, 1.165) is 44.6 Å². The number of primary amides is 1. The van der Waals surface area contributed by atoms with Gasteiger partial charge in [0.2, 0.25) is 11.8 Å². The summed E-state index contributed by atoms with van der Waals surface area (Å²) in [6.45, 7) is 1.40. The van der Waals surface area contributed by atoms with E-state index < -0.39 is 0 Å². The van der Waals surface area contributed by atoms with Crippen LogP contribution in [0.5, 0.6) is 0 Å². The first kappa shape index (κ1) is 18.7. The van der Waals surface area contributed by atoms with Crippen LogP contribution in [0.3, 0.4) is 0 Å². The van der Waals surface area contributed by atoms with Gasteiger partial charge in [0.1, 0.15) is 0 Å². The highest BCUT2D eigenvalue weighted by Crippen LogP contribution is 2.34. The highest BCUT2D eigenvalue weighted by molar-refractivity contribution is 5.81. The number of carbonyl (C=O) groups excluding carboxylic acids is 2. The maximum Gasteiger partial charge on any atom is 0.237 e. The predicted molar refractivity (Wildman–Crippen MR) is 99.0 cm³/mol. The average Bonchev–Trinajstić information content (AvgIpc) is 3.27. The molecule has 0 aromatic rings. The van der Waals surface area contributed by atoms with Crippen LogP contribution < -0.4 is 5.73 Å². The first-order valence-corrected chi connectivity index (χ1v) is 10.5. The number of amides is 2. The van der Waals surface area contributed by atoms with Gasteiger partial charge in [0, 0.05) is 12.1 Å². The lowest BCUT2D eigenvalue weighted by Crippen LogP contribution is -2.48. The van der Waals surface area contributed by atoms with E-state index in [1.54, 1.807) is 0 Å². The van der Waals surface area contributed by atoms with E-state index in [4.69, 9.17) is 5.73 Å². The van der Waals surface area contributed by atoms with Gasteiger partial charge in [-0.2, -0.15) is 0 Å². The number of nitrogens with zero attached hydrogens (tertiary/aromatic N) is 2. The van der Waals surface area contributed by atoms with E-state index in [9.17, 15) is 9.59 Å². The second-order valence-corrected chi connectivity index (χ2v) is 8.44. The minimum Gasteiger partial charge on any atom is -0.369 e. The van der Waals surface area contributed by atoms with Crippen LogP contribution in [0.2, 0.25) is 0 Å². The molecule has 0 heterocycles. The predicted octanol–water partition coefficient (Wildman–Crippen LogP) is 2.68. The molecule has 0 aliphatic heterocycles. The Hall–Kier alpha value is -1.10. The molecule has 0 aromatic carbocycles. The summed E-state index contributed by atoms with van der Waals surface area (Å²) < 4.78 is 0. The van der Waals surface area contributed by atoms with Gasteiger partial charge >= 0.3 is 0 Å².